The molecule has 0 saturated heterocycles. The molecule has 2 aromatic carbocycles. The molecule has 0 bridgehead atoms. The zero-order valence-electron chi connectivity index (χ0n) is 16.9. The highest BCUT2D eigenvalue weighted by Gasteiger charge is 2.23. The topological polar surface area (TPSA) is 75.6 Å². The van der Waals surface area contributed by atoms with Crippen LogP contribution in [0.25, 0.3) is 6.08 Å². The number of carbonyl (C=O) groups excluding carboxylic acids is 1. The van der Waals surface area contributed by atoms with Crippen LogP contribution in [0, 0.1) is 0 Å². The molecule has 1 aliphatic rings. The number of aliphatic imine (C=N–C) groups is 1. The molecule has 7 nitrogen and oxygen atoms in total. The van der Waals surface area contributed by atoms with E-state index < -0.39 is 5.97 Å². The van der Waals surface area contributed by atoms with Gasteiger partial charge in [0.25, 0.3) is 0 Å². The lowest BCUT2D eigenvalue weighted by Gasteiger charge is -2.12. The second kappa shape index (κ2) is 9.14. The molecule has 1 aliphatic heterocycles. The average molecular weight is 397 g/mol. The predicted molar refractivity (Wildman–Crippen MR) is 109 cm³/mol. The van der Waals surface area contributed by atoms with Gasteiger partial charge in [-0.3, -0.25) is 0 Å². The molecule has 3 rings (SSSR count). The van der Waals surface area contributed by atoms with Crippen LogP contribution in [0.3, 0.4) is 0 Å². The first kappa shape index (κ1) is 20.3. The minimum Gasteiger partial charge on any atom is -0.497 e. The Morgan fingerprint density at radius 2 is 1.52 bits per heavy atom. The van der Waals surface area contributed by atoms with E-state index in [1.54, 1.807) is 46.6 Å². The van der Waals surface area contributed by atoms with Gasteiger partial charge in [0.15, 0.2) is 23.1 Å². The summed E-state index contributed by atoms with van der Waals surface area (Å²) in [4.78, 5) is 16.6. The third kappa shape index (κ3) is 4.68. The number of carbonyl (C=O) groups is 1. The molecule has 0 fully saturated rings. The molecule has 0 N–H and O–H groups in total. The summed E-state index contributed by atoms with van der Waals surface area (Å²) in [5, 5.41) is 0. The number of rotatable bonds is 8. The van der Waals surface area contributed by atoms with Crippen molar-refractivity contribution in [1.82, 2.24) is 0 Å². The molecule has 0 amide bonds. The number of methoxy groups -OCH3 is 4. The van der Waals surface area contributed by atoms with Crippen molar-refractivity contribution in [2.24, 2.45) is 4.99 Å². The summed E-state index contributed by atoms with van der Waals surface area (Å²) in [6.45, 7) is 0. The Bertz CT molecular complexity index is 947. The Morgan fingerprint density at radius 1 is 0.862 bits per heavy atom. The van der Waals surface area contributed by atoms with Crippen LogP contribution in [-0.2, 0) is 16.0 Å². The van der Waals surface area contributed by atoms with Gasteiger partial charge in [-0.15, -0.1) is 0 Å². The van der Waals surface area contributed by atoms with Crippen LogP contribution in [-0.4, -0.2) is 40.3 Å². The van der Waals surface area contributed by atoms with Gasteiger partial charge in [0.2, 0.25) is 0 Å². The fraction of sp³-hybridized carbons (Fsp3) is 0.273. The van der Waals surface area contributed by atoms with E-state index in [2.05, 4.69) is 4.99 Å². The molecule has 0 unspecified atom stereocenters. The third-order valence-electron chi connectivity index (χ3n) is 4.48. The van der Waals surface area contributed by atoms with Gasteiger partial charge in [-0.05, 0) is 36.3 Å². The van der Waals surface area contributed by atoms with Crippen molar-refractivity contribution < 1.29 is 28.5 Å². The molecule has 2 aromatic rings. The predicted octanol–water partition coefficient (Wildman–Crippen LogP) is 3.65. The molecular formula is C22H23NO6. The Morgan fingerprint density at radius 3 is 2.14 bits per heavy atom. The second-order valence-corrected chi connectivity index (χ2v) is 6.22. The maximum Gasteiger partial charge on any atom is 0.363 e. The smallest absolute Gasteiger partial charge is 0.363 e. The monoisotopic (exact) mass is 397 g/mol. The third-order valence-corrected chi connectivity index (χ3v) is 4.48. The highest BCUT2D eigenvalue weighted by atomic mass is 16.6. The fourth-order valence-corrected chi connectivity index (χ4v) is 2.92. The first-order chi connectivity index (χ1) is 14.1. The van der Waals surface area contributed by atoms with Crippen LogP contribution in [0.5, 0.6) is 23.0 Å². The maximum atomic E-state index is 12.2. The second-order valence-electron chi connectivity index (χ2n) is 6.22. The first-order valence-corrected chi connectivity index (χ1v) is 9.02. The van der Waals surface area contributed by atoms with Crippen molar-refractivity contribution in [3.05, 3.63) is 53.2 Å². The van der Waals surface area contributed by atoms with E-state index in [4.69, 9.17) is 23.7 Å². The van der Waals surface area contributed by atoms with Gasteiger partial charge in [-0.2, -0.15) is 0 Å². The average Bonchev–Trinajstić information content (AvgIpc) is 3.11. The summed E-state index contributed by atoms with van der Waals surface area (Å²) in [7, 11) is 6.26. The number of ether oxygens (including phenoxy) is 5. The van der Waals surface area contributed by atoms with Crippen LogP contribution in [0.1, 0.15) is 17.5 Å². The number of benzene rings is 2. The van der Waals surface area contributed by atoms with E-state index in [1.807, 2.05) is 24.3 Å². The lowest BCUT2D eigenvalue weighted by atomic mass is 10.1. The summed E-state index contributed by atoms with van der Waals surface area (Å²) >= 11 is 0. The molecule has 1 heterocycles. The summed E-state index contributed by atoms with van der Waals surface area (Å²) in [6.07, 6.45) is 2.82. The molecule has 0 spiro atoms. The lowest BCUT2D eigenvalue weighted by Crippen LogP contribution is -2.05. The Hall–Kier alpha value is -3.48. The van der Waals surface area contributed by atoms with E-state index >= 15 is 0 Å². The van der Waals surface area contributed by atoms with Crippen molar-refractivity contribution in [3.63, 3.8) is 0 Å². The normalized spacial score (nSPS) is 14.4. The van der Waals surface area contributed by atoms with Crippen molar-refractivity contribution in [1.29, 1.82) is 0 Å². The number of hydrogen-bond donors (Lipinski definition) is 0. The van der Waals surface area contributed by atoms with E-state index in [1.165, 1.54) is 0 Å². The Kier molecular flexibility index (Phi) is 6.39. The summed E-state index contributed by atoms with van der Waals surface area (Å²) in [6, 6.07) is 11.2. The number of hydrogen-bond acceptors (Lipinski definition) is 7. The van der Waals surface area contributed by atoms with Gasteiger partial charge in [-0.25, -0.2) is 9.79 Å². The number of aryl methyl sites for hydroxylation is 1. The van der Waals surface area contributed by atoms with E-state index in [-0.39, 0.29) is 5.70 Å². The van der Waals surface area contributed by atoms with E-state index in [0.29, 0.717) is 41.6 Å². The SMILES string of the molecule is COc1ccc(CCC2=N/C(=C\c3cc(OC)c(OC)cc3OC)C(=O)O2)cc1. The maximum absolute atomic E-state index is 12.2. The van der Waals surface area contributed by atoms with Crippen molar-refractivity contribution in [2.45, 2.75) is 12.8 Å². The number of nitrogens with zero attached hydrogens (tertiary/aromatic N) is 1. The Labute approximate surface area is 169 Å². The van der Waals surface area contributed by atoms with E-state index in [9.17, 15) is 4.79 Å². The summed E-state index contributed by atoms with van der Waals surface area (Å²) in [5.41, 5.74) is 1.95. The van der Waals surface area contributed by atoms with Crippen molar-refractivity contribution >= 4 is 17.9 Å². The largest absolute Gasteiger partial charge is 0.497 e. The molecule has 0 aromatic heterocycles. The number of cyclic esters (lactones) is 1. The van der Waals surface area contributed by atoms with Gasteiger partial charge < -0.3 is 23.7 Å². The zero-order chi connectivity index (χ0) is 20.8. The fourth-order valence-electron chi connectivity index (χ4n) is 2.92. The first-order valence-electron chi connectivity index (χ1n) is 9.02. The van der Waals surface area contributed by atoms with Gasteiger partial charge in [0, 0.05) is 18.1 Å². The van der Waals surface area contributed by atoms with Gasteiger partial charge in [0.05, 0.1) is 28.4 Å². The minimum atomic E-state index is -0.494. The molecule has 0 atom stereocenters. The van der Waals surface area contributed by atoms with Gasteiger partial charge in [0.1, 0.15) is 11.5 Å². The highest BCUT2D eigenvalue weighted by Crippen LogP contribution is 2.36. The van der Waals surface area contributed by atoms with Gasteiger partial charge in [-0.1, -0.05) is 12.1 Å². The molecule has 7 heteroatoms. The molecule has 0 radical (unpaired) electrons. The van der Waals surface area contributed by atoms with Crippen LogP contribution in [0.15, 0.2) is 47.1 Å². The highest BCUT2D eigenvalue weighted by molar-refractivity contribution is 6.07. The summed E-state index contributed by atoms with van der Waals surface area (Å²) < 4.78 is 26.5. The Balaban J connectivity index is 1.79. The van der Waals surface area contributed by atoms with Crippen molar-refractivity contribution in [3.8, 4) is 23.0 Å². The lowest BCUT2D eigenvalue weighted by molar-refractivity contribution is -0.130. The van der Waals surface area contributed by atoms with Crippen LogP contribution in [0.2, 0.25) is 0 Å². The number of esters is 1. The van der Waals surface area contributed by atoms with Crippen LogP contribution < -0.4 is 18.9 Å². The minimum absolute atomic E-state index is 0.209. The van der Waals surface area contributed by atoms with Crippen molar-refractivity contribution in [2.75, 3.05) is 28.4 Å². The van der Waals surface area contributed by atoms with Crippen LogP contribution >= 0.6 is 0 Å². The van der Waals surface area contributed by atoms with Gasteiger partial charge >= 0.3 is 5.97 Å². The summed E-state index contributed by atoms with van der Waals surface area (Å²) in [5.74, 6) is 2.28. The zero-order valence-corrected chi connectivity index (χ0v) is 16.9. The van der Waals surface area contributed by atoms with Crippen LogP contribution in [0.4, 0.5) is 0 Å². The standard InChI is InChI=1S/C22H23NO6/c1-25-16-8-5-14(6-9-16)7-10-21-23-17(22(24)29-21)11-15-12-19(27-3)20(28-4)13-18(15)26-2/h5-6,8-9,11-13H,7,10H2,1-4H3/b17-11-. The molecule has 0 aliphatic carbocycles. The quantitative estimate of drug-likeness (QED) is 0.500. The molecular weight excluding hydrogens is 374 g/mol. The van der Waals surface area contributed by atoms with E-state index in [0.717, 1.165) is 11.3 Å². The molecule has 152 valence electrons. The molecule has 29 heavy (non-hydrogen) atoms. The molecule has 0 saturated carbocycles.